The summed E-state index contributed by atoms with van der Waals surface area (Å²) in [6.45, 7) is 4.31. The maximum atomic E-state index is 12.1. The quantitative estimate of drug-likeness (QED) is 0.0552. The van der Waals surface area contributed by atoms with E-state index < -0.39 is 17.9 Å². The lowest BCUT2D eigenvalue weighted by molar-refractivity contribution is -0.144. The molecule has 1 amide bonds. The molecule has 49 heavy (non-hydrogen) atoms. The number of ether oxygens (including phenoxy) is 2. The molecule has 0 unspecified atom stereocenters. The number of carboxylic acid groups (broad SMARTS) is 2. The Morgan fingerprint density at radius 3 is 1.45 bits per heavy atom. The maximum Gasteiger partial charge on any atom is 0.306 e. The molecule has 0 aromatic rings. The van der Waals surface area contributed by atoms with E-state index in [0.717, 1.165) is 57.8 Å². The molecule has 0 fully saturated rings. The summed E-state index contributed by atoms with van der Waals surface area (Å²) in [5.41, 5.74) is 0. The van der Waals surface area contributed by atoms with Crippen LogP contribution in [0.25, 0.3) is 0 Å². The van der Waals surface area contributed by atoms with Gasteiger partial charge in [-0.25, -0.2) is 0 Å². The third kappa shape index (κ3) is 35.0. The average molecular weight is 698 g/mol. The number of carbonyl (C=O) groups excluding carboxylic acids is 4. The Balaban J connectivity index is 3.41. The second-order valence-electron chi connectivity index (χ2n) is 13.3. The van der Waals surface area contributed by atoms with Crippen molar-refractivity contribution in [2.24, 2.45) is 5.92 Å². The third-order valence-corrected chi connectivity index (χ3v) is 8.50. The standard InChI is InChI=1S/C38H67NO10/c1-32(40)22-23-33(38(46)47)31-35(42)24-25-36(43)39-26-18-30-49-29-17-16-28-48-27-15-14-20-34(41)19-12-10-8-6-4-2-3-5-7-9-11-13-21-37(44)45/h33H,2-31H2,1H3,(H,39,43)(H,44,45)(H,46,47)/t33-/m1/s1. The highest BCUT2D eigenvalue weighted by molar-refractivity contribution is 5.87. The van der Waals surface area contributed by atoms with Gasteiger partial charge in [0.1, 0.15) is 17.3 Å². The number of rotatable bonds is 38. The van der Waals surface area contributed by atoms with Crippen molar-refractivity contribution < 1.29 is 48.5 Å². The maximum absolute atomic E-state index is 12.1. The Labute approximate surface area is 295 Å². The fraction of sp³-hybridized carbons (Fsp3) is 0.842. The van der Waals surface area contributed by atoms with Crippen LogP contribution in [-0.4, -0.2) is 78.4 Å². The summed E-state index contributed by atoms with van der Waals surface area (Å²) >= 11 is 0. The largest absolute Gasteiger partial charge is 0.481 e. The van der Waals surface area contributed by atoms with Crippen LogP contribution in [0.3, 0.4) is 0 Å². The number of carbonyl (C=O) groups is 6. The topological polar surface area (TPSA) is 173 Å². The summed E-state index contributed by atoms with van der Waals surface area (Å²) in [6.07, 6.45) is 19.7. The Morgan fingerprint density at radius 2 is 0.959 bits per heavy atom. The number of Topliss-reactive ketones (excluding diaryl/α,β-unsaturated/α-hetero) is 3. The van der Waals surface area contributed by atoms with Crippen LogP contribution in [0.15, 0.2) is 0 Å². The predicted molar refractivity (Wildman–Crippen MR) is 190 cm³/mol. The minimum absolute atomic E-state index is 0.0135. The van der Waals surface area contributed by atoms with E-state index in [1.807, 2.05) is 0 Å². The van der Waals surface area contributed by atoms with E-state index in [4.69, 9.17) is 14.6 Å². The minimum atomic E-state index is -1.10. The van der Waals surface area contributed by atoms with Crippen LogP contribution in [0.4, 0.5) is 0 Å². The van der Waals surface area contributed by atoms with E-state index in [9.17, 15) is 33.9 Å². The smallest absolute Gasteiger partial charge is 0.306 e. The zero-order chi connectivity index (χ0) is 36.4. The van der Waals surface area contributed by atoms with Crippen LogP contribution < -0.4 is 5.32 Å². The monoisotopic (exact) mass is 697 g/mol. The van der Waals surface area contributed by atoms with Crippen molar-refractivity contribution in [3.63, 3.8) is 0 Å². The Morgan fingerprint density at radius 1 is 0.510 bits per heavy atom. The summed E-state index contributed by atoms with van der Waals surface area (Å²) in [5.74, 6) is -2.98. The van der Waals surface area contributed by atoms with Crippen molar-refractivity contribution in [2.75, 3.05) is 33.0 Å². The van der Waals surface area contributed by atoms with Gasteiger partial charge in [-0.15, -0.1) is 0 Å². The van der Waals surface area contributed by atoms with Gasteiger partial charge >= 0.3 is 11.9 Å². The highest BCUT2D eigenvalue weighted by Gasteiger charge is 2.21. The van der Waals surface area contributed by atoms with Gasteiger partial charge in [0.15, 0.2) is 0 Å². The number of ketones is 3. The van der Waals surface area contributed by atoms with Crippen molar-refractivity contribution in [2.45, 2.75) is 167 Å². The minimum Gasteiger partial charge on any atom is -0.481 e. The molecule has 0 aliphatic carbocycles. The van der Waals surface area contributed by atoms with Gasteiger partial charge in [-0.05, 0) is 58.3 Å². The van der Waals surface area contributed by atoms with Gasteiger partial charge < -0.3 is 29.8 Å². The first-order chi connectivity index (χ1) is 23.6. The number of hydrogen-bond donors (Lipinski definition) is 3. The number of amides is 1. The molecule has 0 saturated heterocycles. The second kappa shape index (κ2) is 33.8. The van der Waals surface area contributed by atoms with Crippen LogP contribution in [0.1, 0.15) is 167 Å². The molecule has 0 saturated carbocycles. The first-order valence-corrected chi connectivity index (χ1v) is 19.0. The van der Waals surface area contributed by atoms with E-state index in [1.165, 1.54) is 51.9 Å². The SMILES string of the molecule is CC(=O)CC[C@H](CC(=O)CCC(=O)NCCCOCCCCOCCCCC(=O)CCCCCCCCCCCCCCC(=O)O)C(=O)O. The van der Waals surface area contributed by atoms with Crippen LogP contribution in [0.5, 0.6) is 0 Å². The molecule has 3 N–H and O–H groups in total. The first-order valence-electron chi connectivity index (χ1n) is 19.0. The molecular weight excluding hydrogens is 630 g/mol. The lowest BCUT2D eigenvalue weighted by Gasteiger charge is -2.10. The first kappa shape index (κ1) is 46.3. The van der Waals surface area contributed by atoms with E-state index in [1.54, 1.807) is 0 Å². The van der Waals surface area contributed by atoms with Crippen molar-refractivity contribution in [1.82, 2.24) is 5.32 Å². The third-order valence-electron chi connectivity index (χ3n) is 8.50. The summed E-state index contributed by atoms with van der Waals surface area (Å²) in [4.78, 5) is 68.9. The lowest BCUT2D eigenvalue weighted by atomic mass is 9.94. The van der Waals surface area contributed by atoms with Gasteiger partial charge in [0.2, 0.25) is 5.91 Å². The van der Waals surface area contributed by atoms with E-state index in [2.05, 4.69) is 5.32 Å². The molecule has 0 aromatic carbocycles. The van der Waals surface area contributed by atoms with Crippen molar-refractivity contribution >= 4 is 35.2 Å². The Bertz CT molecular complexity index is 907. The average Bonchev–Trinajstić information content (AvgIpc) is 3.05. The molecule has 284 valence electrons. The van der Waals surface area contributed by atoms with Crippen molar-refractivity contribution in [1.29, 1.82) is 0 Å². The molecule has 0 heterocycles. The molecule has 0 radical (unpaired) electrons. The van der Waals surface area contributed by atoms with Crippen LogP contribution in [-0.2, 0) is 38.2 Å². The molecule has 0 rings (SSSR count). The molecule has 11 nitrogen and oxygen atoms in total. The predicted octanol–water partition coefficient (Wildman–Crippen LogP) is 7.40. The normalized spacial score (nSPS) is 11.7. The van der Waals surface area contributed by atoms with E-state index >= 15 is 0 Å². The van der Waals surface area contributed by atoms with Crippen molar-refractivity contribution in [3.05, 3.63) is 0 Å². The van der Waals surface area contributed by atoms with Crippen LogP contribution in [0.2, 0.25) is 0 Å². The van der Waals surface area contributed by atoms with E-state index in [0.29, 0.717) is 64.4 Å². The number of nitrogens with one attached hydrogen (secondary N) is 1. The van der Waals surface area contributed by atoms with Gasteiger partial charge in [-0.3, -0.25) is 24.0 Å². The Kier molecular flexibility index (Phi) is 32.0. The highest BCUT2D eigenvalue weighted by Crippen LogP contribution is 2.15. The van der Waals surface area contributed by atoms with Crippen LogP contribution in [0, 0.1) is 5.92 Å². The number of aliphatic carboxylic acids is 2. The second-order valence-corrected chi connectivity index (χ2v) is 13.3. The zero-order valence-corrected chi connectivity index (χ0v) is 30.5. The highest BCUT2D eigenvalue weighted by atomic mass is 16.5. The molecular formula is C38H67NO10. The molecule has 0 bridgehead atoms. The van der Waals surface area contributed by atoms with Crippen LogP contribution >= 0.6 is 0 Å². The zero-order valence-electron chi connectivity index (χ0n) is 30.5. The number of carboxylic acids is 2. The number of unbranched alkanes of at least 4 members (excludes halogenated alkanes) is 13. The molecule has 0 spiro atoms. The number of hydrogen-bond acceptors (Lipinski definition) is 8. The summed E-state index contributed by atoms with van der Waals surface area (Å²) < 4.78 is 11.3. The van der Waals surface area contributed by atoms with E-state index in [-0.39, 0.29) is 49.6 Å². The summed E-state index contributed by atoms with van der Waals surface area (Å²) in [7, 11) is 0. The molecule has 11 heteroatoms. The fourth-order valence-electron chi connectivity index (χ4n) is 5.44. The fourth-order valence-corrected chi connectivity index (χ4v) is 5.44. The molecule has 0 aliphatic rings. The van der Waals surface area contributed by atoms with Gasteiger partial charge in [0, 0.05) is 77.9 Å². The van der Waals surface area contributed by atoms with Gasteiger partial charge in [0.25, 0.3) is 0 Å². The molecule has 0 aromatic heterocycles. The Hall–Kier alpha value is -2.66. The van der Waals surface area contributed by atoms with Gasteiger partial charge in [-0.1, -0.05) is 64.2 Å². The summed E-state index contributed by atoms with van der Waals surface area (Å²) in [6, 6.07) is 0. The molecule has 0 aliphatic heterocycles. The van der Waals surface area contributed by atoms with Gasteiger partial charge in [0.05, 0.1) is 5.92 Å². The van der Waals surface area contributed by atoms with Crippen molar-refractivity contribution in [3.8, 4) is 0 Å². The molecule has 1 atom stereocenters. The lowest BCUT2D eigenvalue weighted by Crippen LogP contribution is -2.26. The summed E-state index contributed by atoms with van der Waals surface area (Å²) in [5, 5.41) is 20.6. The van der Waals surface area contributed by atoms with Gasteiger partial charge in [-0.2, -0.15) is 0 Å².